The molecule has 0 nitrogen and oxygen atoms in total. The molecule has 0 aromatic heterocycles. The zero-order valence-electron chi connectivity index (χ0n) is 33.7. The lowest BCUT2D eigenvalue weighted by molar-refractivity contribution is 1.57. The molecule has 0 saturated carbocycles. The van der Waals surface area contributed by atoms with Gasteiger partial charge in [0.05, 0.1) is 0 Å². The summed E-state index contributed by atoms with van der Waals surface area (Å²) in [6, 6.07) is 71.9. The van der Waals surface area contributed by atoms with Crippen molar-refractivity contribution in [2.45, 2.75) is 0 Å². The van der Waals surface area contributed by atoms with E-state index in [1.807, 2.05) is 12.1 Å². The third-order valence-electron chi connectivity index (χ3n) is 9.88. The molecule has 0 heterocycles. The van der Waals surface area contributed by atoms with Gasteiger partial charge < -0.3 is 0 Å². The van der Waals surface area contributed by atoms with E-state index in [4.69, 9.17) is 0 Å². The van der Waals surface area contributed by atoms with E-state index in [-0.39, 0.29) is 0 Å². The molecule has 0 atom stereocenters. The summed E-state index contributed by atoms with van der Waals surface area (Å²) in [6.07, 6.45) is 30.3. The van der Waals surface area contributed by atoms with Crippen molar-refractivity contribution in [3.63, 3.8) is 0 Å². The van der Waals surface area contributed by atoms with Gasteiger partial charge in [0, 0.05) is 0 Å². The Bertz CT molecular complexity index is 2650. The SMILES string of the molecule is C(=CC=CC(=CC(=CC=Cc1ccccc1)c1ccccc1)c1ccc(-c2ccccc2)cc1)C=CC(=CC(=CC=Cc1ccccc1)c1ccccc1)c1ccccc1. The topological polar surface area (TPSA) is 0 Å². The van der Waals surface area contributed by atoms with Crippen LogP contribution in [0.3, 0.4) is 0 Å². The predicted octanol–water partition coefficient (Wildman–Crippen LogP) is 16.1. The second-order valence-corrected chi connectivity index (χ2v) is 14.1. The smallest absolute Gasteiger partial charge is 0.0178 e. The first-order chi connectivity index (χ1) is 29.8. The second-order valence-electron chi connectivity index (χ2n) is 14.1. The zero-order valence-corrected chi connectivity index (χ0v) is 33.7. The highest BCUT2D eigenvalue weighted by Gasteiger charge is 2.05. The summed E-state index contributed by atoms with van der Waals surface area (Å²) in [5.41, 5.74) is 13.8. The molecule has 288 valence electrons. The molecule has 0 unspecified atom stereocenters. The molecular formula is C60H48. The van der Waals surface area contributed by atoms with Crippen LogP contribution in [-0.4, -0.2) is 0 Å². The van der Waals surface area contributed by atoms with Gasteiger partial charge in [-0.15, -0.1) is 0 Å². The monoisotopic (exact) mass is 768 g/mol. The molecule has 60 heavy (non-hydrogen) atoms. The molecule has 0 bridgehead atoms. The molecule has 0 heteroatoms. The van der Waals surface area contributed by atoms with Gasteiger partial charge in [-0.25, -0.2) is 0 Å². The van der Waals surface area contributed by atoms with Crippen molar-refractivity contribution in [1.29, 1.82) is 0 Å². The van der Waals surface area contributed by atoms with Crippen LogP contribution in [0, 0.1) is 0 Å². The Morgan fingerprint density at radius 3 is 0.967 bits per heavy atom. The first-order valence-electron chi connectivity index (χ1n) is 20.4. The predicted molar refractivity (Wildman–Crippen MR) is 261 cm³/mol. The summed E-state index contributed by atoms with van der Waals surface area (Å²) in [7, 11) is 0. The first kappa shape index (κ1) is 40.4. The molecule has 0 saturated heterocycles. The van der Waals surface area contributed by atoms with E-state index in [1.54, 1.807) is 0 Å². The van der Waals surface area contributed by atoms with Gasteiger partial charge in [0.15, 0.2) is 0 Å². The van der Waals surface area contributed by atoms with Gasteiger partial charge in [0.2, 0.25) is 0 Å². The molecule has 0 radical (unpaired) electrons. The fraction of sp³-hybridized carbons (Fsp3) is 0. The van der Waals surface area contributed by atoms with Gasteiger partial charge >= 0.3 is 0 Å². The largest absolute Gasteiger partial charge is 0.0622 e. The van der Waals surface area contributed by atoms with Crippen LogP contribution in [0.2, 0.25) is 0 Å². The summed E-state index contributed by atoms with van der Waals surface area (Å²) in [6.45, 7) is 0. The Morgan fingerprint density at radius 1 is 0.250 bits per heavy atom. The molecule has 0 aliphatic carbocycles. The van der Waals surface area contributed by atoms with Crippen molar-refractivity contribution in [1.82, 2.24) is 0 Å². The second kappa shape index (κ2) is 22.2. The molecule has 7 aromatic rings. The van der Waals surface area contributed by atoms with Crippen molar-refractivity contribution in [3.05, 3.63) is 313 Å². The van der Waals surface area contributed by atoms with Gasteiger partial charge in [0.1, 0.15) is 0 Å². The Kier molecular flexibility index (Phi) is 15.0. The van der Waals surface area contributed by atoms with Gasteiger partial charge in [-0.05, 0) is 79.0 Å². The maximum Gasteiger partial charge on any atom is -0.0178 e. The molecule has 7 rings (SSSR count). The van der Waals surface area contributed by atoms with E-state index >= 15 is 0 Å². The van der Waals surface area contributed by atoms with Gasteiger partial charge in [0.25, 0.3) is 0 Å². The maximum absolute atomic E-state index is 2.28. The minimum absolute atomic E-state index is 1.11. The molecule has 0 aliphatic heterocycles. The van der Waals surface area contributed by atoms with Gasteiger partial charge in [-0.3, -0.25) is 0 Å². The Hall–Kier alpha value is -7.80. The van der Waals surface area contributed by atoms with Crippen molar-refractivity contribution in [2.75, 3.05) is 0 Å². The standard InChI is InChI=1S/C60H48/c1(13-39-57(52-33-17-6-18-34-52)47-59(53-35-19-7-20-36-53)41-23-29-49-25-9-3-10-26-49)2-14-40-58(56-45-43-55(44-46-56)51-31-15-5-16-32-51)48-60(54-37-21-8-22-38-54)42-24-30-50-27-11-4-12-28-50/h1-48H. The molecule has 7 aromatic carbocycles. The fourth-order valence-electron chi connectivity index (χ4n) is 6.72. The Balaban J connectivity index is 1.20. The average molecular weight is 769 g/mol. The molecule has 0 N–H and O–H groups in total. The van der Waals surface area contributed by atoms with Crippen molar-refractivity contribution in [2.24, 2.45) is 0 Å². The summed E-state index contributed by atoms with van der Waals surface area (Å²) in [4.78, 5) is 0. The minimum Gasteiger partial charge on any atom is -0.0622 e. The lowest BCUT2D eigenvalue weighted by atomic mass is 9.96. The van der Waals surface area contributed by atoms with Gasteiger partial charge in [-0.2, -0.15) is 0 Å². The first-order valence-corrected chi connectivity index (χ1v) is 20.4. The minimum atomic E-state index is 1.11. The third kappa shape index (κ3) is 12.3. The highest BCUT2D eigenvalue weighted by atomic mass is 14.1. The molecule has 0 amide bonds. The van der Waals surface area contributed by atoms with Crippen molar-refractivity contribution < 1.29 is 0 Å². The van der Waals surface area contributed by atoms with Gasteiger partial charge in [-0.1, -0.05) is 279 Å². The maximum atomic E-state index is 2.28. The summed E-state index contributed by atoms with van der Waals surface area (Å²) in [5, 5.41) is 0. The lowest BCUT2D eigenvalue weighted by Gasteiger charge is -2.09. The number of rotatable bonds is 15. The van der Waals surface area contributed by atoms with Crippen molar-refractivity contribution >= 4 is 34.4 Å². The normalized spacial score (nSPS) is 13.1. The average Bonchev–Trinajstić information content (AvgIpc) is 3.32. The van der Waals surface area contributed by atoms with E-state index in [0.717, 1.165) is 50.1 Å². The number of allylic oxidation sites excluding steroid dienone is 16. The molecule has 0 fully saturated rings. The Labute approximate surface area is 356 Å². The Morgan fingerprint density at radius 2 is 0.567 bits per heavy atom. The van der Waals surface area contributed by atoms with Crippen LogP contribution in [0.4, 0.5) is 0 Å². The molecule has 0 aliphatic rings. The van der Waals surface area contributed by atoms with Crippen LogP contribution in [0.1, 0.15) is 33.4 Å². The molecule has 0 spiro atoms. The number of hydrogen-bond acceptors (Lipinski definition) is 0. The van der Waals surface area contributed by atoms with E-state index in [9.17, 15) is 0 Å². The molecular weight excluding hydrogens is 721 g/mol. The van der Waals surface area contributed by atoms with E-state index in [1.165, 1.54) is 16.7 Å². The number of benzene rings is 7. The van der Waals surface area contributed by atoms with Crippen LogP contribution in [0.15, 0.2) is 279 Å². The van der Waals surface area contributed by atoms with Crippen molar-refractivity contribution in [3.8, 4) is 11.1 Å². The van der Waals surface area contributed by atoms with Crippen LogP contribution >= 0.6 is 0 Å². The van der Waals surface area contributed by atoms with Crippen LogP contribution in [0.25, 0.3) is 45.6 Å². The van der Waals surface area contributed by atoms with E-state index in [0.29, 0.717) is 0 Å². The lowest BCUT2D eigenvalue weighted by Crippen LogP contribution is -1.86. The summed E-state index contributed by atoms with van der Waals surface area (Å²) in [5.74, 6) is 0. The van der Waals surface area contributed by atoms with Crippen LogP contribution < -0.4 is 0 Å². The summed E-state index contributed by atoms with van der Waals surface area (Å²) >= 11 is 0. The third-order valence-corrected chi connectivity index (χ3v) is 9.88. The number of hydrogen-bond donors (Lipinski definition) is 0. The fourth-order valence-corrected chi connectivity index (χ4v) is 6.72. The quantitative estimate of drug-likeness (QED) is 0.0912. The van der Waals surface area contributed by atoms with Crippen LogP contribution in [-0.2, 0) is 0 Å². The highest BCUT2D eigenvalue weighted by Crippen LogP contribution is 2.28. The van der Waals surface area contributed by atoms with Crippen LogP contribution in [0.5, 0.6) is 0 Å². The highest BCUT2D eigenvalue weighted by molar-refractivity contribution is 5.90. The van der Waals surface area contributed by atoms with E-state index in [2.05, 4.69) is 279 Å². The van der Waals surface area contributed by atoms with E-state index < -0.39 is 0 Å². The summed E-state index contributed by atoms with van der Waals surface area (Å²) < 4.78 is 0. The zero-order chi connectivity index (χ0) is 40.9.